The van der Waals surface area contributed by atoms with E-state index in [0.29, 0.717) is 24.4 Å². The number of hydrogen-bond donors (Lipinski definition) is 1. The first kappa shape index (κ1) is 18.1. The molecule has 0 bridgehead atoms. The van der Waals surface area contributed by atoms with E-state index in [1.165, 1.54) is 0 Å². The van der Waals surface area contributed by atoms with Crippen molar-refractivity contribution in [3.63, 3.8) is 0 Å². The van der Waals surface area contributed by atoms with Crippen LogP contribution in [0.15, 0.2) is 23.2 Å². The number of hydrogen-bond acceptors (Lipinski definition) is 4. The predicted molar refractivity (Wildman–Crippen MR) is 94.5 cm³/mol. The number of rotatable bonds is 7. The fourth-order valence-corrected chi connectivity index (χ4v) is 4.85. The fourth-order valence-electron chi connectivity index (χ4n) is 3.37. The Bertz CT molecular complexity index is 684. The maximum Gasteiger partial charge on any atom is 0.272 e. The smallest absolute Gasteiger partial charge is 0.272 e. The van der Waals surface area contributed by atoms with Crippen LogP contribution in [0.25, 0.3) is 0 Å². The van der Waals surface area contributed by atoms with Crippen molar-refractivity contribution < 1.29 is 18.2 Å². The molecule has 0 unspecified atom stereocenters. The first-order valence-electron chi connectivity index (χ1n) is 9.11. The molecule has 0 radical (unpaired) electrons. The molecule has 1 amide bonds. The number of anilines is 1. The van der Waals surface area contributed by atoms with Crippen LogP contribution in [-0.4, -0.2) is 56.3 Å². The van der Waals surface area contributed by atoms with Crippen molar-refractivity contribution in [3.8, 4) is 0 Å². The maximum atomic E-state index is 12.6. The van der Waals surface area contributed by atoms with Crippen LogP contribution < -0.4 is 10.3 Å². The van der Waals surface area contributed by atoms with E-state index in [1.54, 1.807) is 22.6 Å². The molecule has 0 atom stereocenters. The number of nitrogens with one attached hydrogen (secondary N) is 2. The summed E-state index contributed by atoms with van der Waals surface area (Å²) in [7, 11) is -3.39. The number of amides is 1. The van der Waals surface area contributed by atoms with E-state index in [9.17, 15) is 13.2 Å². The van der Waals surface area contributed by atoms with Crippen molar-refractivity contribution in [3.05, 3.63) is 18.3 Å². The van der Waals surface area contributed by atoms with Crippen molar-refractivity contribution in [2.24, 2.45) is 0 Å². The van der Waals surface area contributed by atoms with Crippen molar-refractivity contribution in [2.75, 3.05) is 38.0 Å². The molecule has 1 aromatic rings. The molecule has 2 saturated heterocycles. The first-order chi connectivity index (χ1) is 12.1. The van der Waals surface area contributed by atoms with E-state index in [0.717, 1.165) is 57.6 Å². The molecule has 138 valence electrons. The summed E-state index contributed by atoms with van der Waals surface area (Å²) in [5.74, 6) is 1.03. The average Bonchev–Trinajstić information content (AvgIpc) is 3.05. The molecule has 3 rings (SSSR count). The zero-order chi connectivity index (χ0) is 17.7. The van der Waals surface area contributed by atoms with E-state index < -0.39 is 10.0 Å². The average molecular weight is 367 g/mol. The van der Waals surface area contributed by atoms with Gasteiger partial charge in [0.1, 0.15) is 11.1 Å². The molecule has 1 aromatic heterocycles. The summed E-state index contributed by atoms with van der Waals surface area (Å²) in [5.41, 5.74) is 0. The standard InChI is InChI=1S/C17H26N4O3S/c22-17-6-4-10-20(17)11-5-9-18-16-8-7-15(14-19-16)25(23,24)21-12-2-1-3-13-21/h7-8,14H,1-6,9-13H2,(H,18,19)/p+1. The lowest BCUT2D eigenvalue weighted by atomic mass is 10.2. The lowest BCUT2D eigenvalue weighted by Crippen LogP contribution is -2.36. The Hall–Kier alpha value is -1.67. The van der Waals surface area contributed by atoms with E-state index in [1.807, 2.05) is 4.90 Å². The highest BCUT2D eigenvalue weighted by Crippen LogP contribution is 2.19. The molecule has 2 aliphatic rings. The van der Waals surface area contributed by atoms with Gasteiger partial charge in [-0.2, -0.15) is 4.31 Å². The molecule has 2 N–H and O–H groups in total. The number of aromatic amines is 1. The molecule has 3 heterocycles. The number of nitrogens with zero attached hydrogens (tertiary/aromatic N) is 2. The Labute approximate surface area is 149 Å². The van der Waals surface area contributed by atoms with E-state index >= 15 is 0 Å². The molecule has 7 nitrogen and oxygen atoms in total. The number of carbonyl (C=O) groups is 1. The third-order valence-electron chi connectivity index (χ3n) is 4.83. The van der Waals surface area contributed by atoms with Crippen LogP contribution in [-0.2, 0) is 14.8 Å². The number of carbonyl (C=O) groups excluding carboxylic acids is 1. The monoisotopic (exact) mass is 367 g/mol. The van der Waals surface area contributed by atoms with Gasteiger partial charge in [-0.1, -0.05) is 6.42 Å². The second-order valence-electron chi connectivity index (χ2n) is 6.67. The summed E-state index contributed by atoms with van der Waals surface area (Å²) in [4.78, 5) is 16.8. The zero-order valence-electron chi connectivity index (χ0n) is 14.5. The van der Waals surface area contributed by atoms with Gasteiger partial charge in [0, 0.05) is 45.1 Å². The molecule has 0 aliphatic carbocycles. The van der Waals surface area contributed by atoms with Crippen LogP contribution in [0, 0.1) is 0 Å². The van der Waals surface area contributed by atoms with Crippen LogP contribution in [0.3, 0.4) is 0 Å². The number of piperidine rings is 1. The van der Waals surface area contributed by atoms with Gasteiger partial charge in [-0.05, 0) is 25.3 Å². The molecule has 0 aromatic carbocycles. The Morgan fingerprint density at radius 2 is 1.88 bits per heavy atom. The number of pyridine rings is 1. The third-order valence-corrected chi connectivity index (χ3v) is 6.72. The minimum absolute atomic E-state index is 0.249. The number of likely N-dealkylation sites (tertiary alicyclic amines) is 1. The molecule has 0 spiro atoms. The molecule has 2 fully saturated rings. The Kier molecular flexibility index (Phi) is 5.90. The number of sulfonamides is 1. The van der Waals surface area contributed by atoms with Gasteiger partial charge in [0.05, 0.1) is 6.54 Å². The molecule has 8 heteroatoms. The zero-order valence-corrected chi connectivity index (χ0v) is 15.4. The largest absolute Gasteiger partial charge is 0.343 e. The van der Waals surface area contributed by atoms with Gasteiger partial charge in [0.25, 0.3) is 5.82 Å². The summed E-state index contributed by atoms with van der Waals surface area (Å²) in [6.07, 6.45) is 7.03. The summed E-state index contributed by atoms with van der Waals surface area (Å²) < 4.78 is 26.7. The number of H-pyrrole nitrogens is 1. The normalized spacial score (nSPS) is 19.4. The number of aromatic nitrogens is 1. The summed E-state index contributed by atoms with van der Waals surface area (Å²) >= 11 is 0. The third kappa shape index (κ3) is 4.49. The van der Waals surface area contributed by atoms with Gasteiger partial charge in [-0.25, -0.2) is 13.4 Å². The van der Waals surface area contributed by atoms with Gasteiger partial charge in [0.2, 0.25) is 15.9 Å². The highest BCUT2D eigenvalue weighted by molar-refractivity contribution is 7.89. The highest BCUT2D eigenvalue weighted by Gasteiger charge is 2.26. The van der Waals surface area contributed by atoms with E-state index in [-0.39, 0.29) is 5.91 Å². The summed E-state index contributed by atoms with van der Waals surface area (Å²) in [6, 6.07) is 3.41. The van der Waals surface area contributed by atoms with Crippen LogP contribution >= 0.6 is 0 Å². The van der Waals surface area contributed by atoms with Crippen LogP contribution in [0.4, 0.5) is 5.82 Å². The predicted octanol–water partition coefficient (Wildman–Crippen LogP) is 1.10. The van der Waals surface area contributed by atoms with Gasteiger partial charge in [0.15, 0.2) is 0 Å². The van der Waals surface area contributed by atoms with E-state index in [2.05, 4.69) is 10.3 Å². The molecular formula is C17H27N4O3S+. The van der Waals surface area contributed by atoms with E-state index in [4.69, 9.17) is 0 Å². The van der Waals surface area contributed by atoms with Gasteiger partial charge < -0.3 is 4.90 Å². The quantitative estimate of drug-likeness (QED) is 0.732. The molecule has 2 aliphatic heterocycles. The molecular weight excluding hydrogens is 340 g/mol. The van der Waals surface area contributed by atoms with Crippen molar-refractivity contribution in [1.82, 2.24) is 9.21 Å². The lowest BCUT2D eigenvalue weighted by molar-refractivity contribution is -0.364. The first-order valence-corrected chi connectivity index (χ1v) is 10.5. The Morgan fingerprint density at radius 3 is 2.52 bits per heavy atom. The second kappa shape index (κ2) is 8.14. The topological polar surface area (TPSA) is 83.9 Å². The van der Waals surface area contributed by atoms with Crippen molar-refractivity contribution in [1.29, 1.82) is 0 Å². The van der Waals surface area contributed by atoms with Crippen LogP contribution in [0.5, 0.6) is 0 Å². The SMILES string of the molecule is O=C1CCCN1CCCNc1ccc(S(=O)(=O)N2CCCCC2)c[nH+]1. The second-order valence-corrected chi connectivity index (χ2v) is 8.61. The van der Waals surface area contributed by atoms with Gasteiger partial charge >= 0.3 is 0 Å². The van der Waals surface area contributed by atoms with Crippen molar-refractivity contribution >= 4 is 21.7 Å². The highest BCUT2D eigenvalue weighted by atomic mass is 32.2. The van der Waals surface area contributed by atoms with Gasteiger partial charge in [-0.15, -0.1) is 0 Å². The minimum Gasteiger partial charge on any atom is -0.343 e. The summed E-state index contributed by atoms with van der Waals surface area (Å²) in [5, 5.41) is 3.24. The fraction of sp³-hybridized carbons (Fsp3) is 0.647. The summed E-state index contributed by atoms with van der Waals surface area (Å²) in [6.45, 7) is 3.59. The Balaban J connectivity index is 1.49. The van der Waals surface area contributed by atoms with Crippen LogP contribution in [0.2, 0.25) is 0 Å². The Morgan fingerprint density at radius 1 is 1.08 bits per heavy atom. The molecule has 25 heavy (non-hydrogen) atoms. The maximum absolute atomic E-state index is 12.6. The van der Waals surface area contributed by atoms with Crippen LogP contribution in [0.1, 0.15) is 38.5 Å². The van der Waals surface area contributed by atoms with Crippen molar-refractivity contribution in [2.45, 2.75) is 43.4 Å². The molecule has 0 saturated carbocycles. The minimum atomic E-state index is -3.39. The lowest BCUT2D eigenvalue weighted by Gasteiger charge is -2.25. The van der Waals surface area contributed by atoms with Gasteiger partial charge in [-0.3, -0.25) is 10.1 Å².